The fourth-order valence-corrected chi connectivity index (χ4v) is 8.08. The average molecular weight is 586 g/mol. The van der Waals surface area contributed by atoms with Gasteiger partial charge in [-0.25, -0.2) is 9.97 Å². The Hall–Kier alpha value is -6.06. The Labute approximate surface area is 266 Å². The van der Waals surface area contributed by atoms with Crippen molar-refractivity contribution in [1.29, 1.82) is 0 Å². The summed E-state index contributed by atoms with van der Waals surface area (Å²) in [6.45, 7) is 0. The smallest absolute Gasteiger partial charge is 0.146 e. The molecule has 0 saturated heterocycles. The highest BCUT2D eigenvalue weighted by Gasteiger charge is 2.48. The Kier molecular flexibility index (Phi) is 5.20. The molecule has 214 valence electrons. The van der Waals surface area contributed by atoms with Crippen LogP contribution in [0.2, 0.25) is 0 Å². The lowest BCUT2D eigenvalue weighted by Gasteiger charge is -2.35. The van der Waals surface area contributed by atoms with E-state index in [1.807, 2.05) is 36.7 Å². The summed E-state index contributed by atoms with van der Waals surface area (Å²) in [7, 11) is 0. The summed E-state index contributed by atoms with van der Waals surface area (Å²) in [5, 5.41) is 2.28. The minimum Gasteiger partial charge on any atom is -0.278 e. The first-order valence-corrected chi connectivity index (χ1v) is 15.7. The van der Waals surface area contributed by atoms with Gasteiger partial charge in [-0.1, -0.05) is 109 Å². The molecule has 0 bridgehead atoms. The second-order valence-corrected chi connectivity index (χ2v) is 12.2. The van der Waals surface area contributed by atoms with E-state index in [1.165, 1.54) is 61.0 Å². The molecule has 5 aromatic carbocycles. The van der Waals surface area contributed by atoms with Crippen LogP contribution in [0.25, 0.3) is 62.2 Å². The number of rotatable bonds is 2. The lowest BCUT2D eigenvalue weighted by atomic mass is 9.66. The molecule has 0 N–H and O–H groups in total. The topological polar surface area (TPSA) is 30.7 Å². The summed E-state index contributed by atoms with van der Waals surface area (Å²) in [6.07, 6.45) is 8.26. The van der Waals surface area contributed by atoms with Crippen LogP contribution in [-0.4, -0.2) is 14.5 Å². The van der Waals surface area contributed by atoms with E-state index in [4.69, 9.17) is 4.98 Å². The zero-order valence-corrected chi connectivity index (χ0v) is 24.9. The third-order valence-corrected chi connectivity index (χ3v) is 9.95. The van der Waals surface area contributed by atoms with Gasteiger partial charge in [0, 0.05) is 23.2 Å². The van der Waals surface area contributed by atoms with Gasteiger partial charge < -0.3 is 0 Å². The average Bonchev–Trinajstić information content (AvgIpc) is 3.55. The normalized spacial score (nSPS) is 13.7. The van der Waals surface area contributed by atoms with Crippen molar-refractivity contribution in [2.75, 3.05) is 0 Å². The molecule has 0 fully saturated rings. The van der Waals surface area contributed by atoms with Gasteiger partial charge >= 0.3 is 0 Å². The van der Waals surface area contributed by atoms with Crippen molar-refractivity contribution >= 4 is 34.1 Å². The van der Waals surface area contributed by atoms with Gasteiger partial charge in [0.2, 0.25) is 0 Å². The molecule has 0 atom stereocenters. The van der Waals surface area contributed by atoms with Crippen LogP contribution in [0, 0.1) is 0 Å². The number of hydrogen-bond acceptors (Lipinski definition) is 2. The molecule has 0 radical (unpaired) electrons. The zero-order chi connectivity index (χ0) is 30.2. The molecule has 3 aromatic heterocycles. The number of hydrogen-bond donors (Lipinski definition) is 0. The lowest BCUT2D eigenvalue weighted by molar-refractivity contribution is 0.766. The Morgan fingerprint density at radius 3 is 1.89 bits per heavy atom. The van der Waals surface area contributed by atoms with Crippen molar-refractivity contribution in [1.82, 2.24) is 14.5 Å². The number of nitrogens with zero attached hydrogens (tertiary/aromatic N) is 3. The number of aromatic nitrogens is 3. The van der Waals surface area contributed by atoms with Gasteiger partial charge in [0.05, 0.1) is 10.9 Å². The van der Waals surface area contributed by atoms with Gasteiger partial charge in [0.25, 0.3) is 0 Å². The van der Waals surface area contributed by atoms with Crippen LogP contribution in [0.3, 0.4) is 0 Å². The highest BCUT2D eigenvalue weighted by molar-refractivity contribution is 6.09. The summed E-state index contributed by atoms with van der Waals surface area (Å²) < 4.78 is 2.16. The molecule has 3 nitrogen and oxygen atoms in total. The second kappa shape index (κ2) is 9.47. The molecule has 10 rings (SSSR count). The second-order valence-electron chi connectivity index (χ2n) is 12.2. The fourth-order valence-electron chi connectivity index (χ4n) is 8.08. The highest BCUT2D eigenvalue weighted by Crippen LogP contribution is 2.59. The van der Waals surface area contributed by atoms with Gasteiger partial charge in [-0.2, -0.15) is 0 Å². The maximum Gasteiger partial charge on any atom is 0.146 e. The van der Waals surface area contributed by atoms with Crippen molar-refractivity contribution in [3.05, 3.63) is 185 Å². The largest absolute Gasteiger partial charge is 0.278 e. The van der Waals surface area contributed by atoms with Gasteiger partial charge in [-0.15, -0.1) is 0 Å². The molecule has 8 aromatic rings. The van der Waals surface area contributed by atoms with Crippen LogP contribution in [0.15, 0.2) is 152 Å². The van der Waals surface area contributed by atoms with Crippen LogP contribution in [0.1, 0.15) is 33.4 Å². The molecule has 2 aliphatic rings. The summed E-state index contributed by atoms with van der Waals surface area (Å²) in [5.41, 5.74) is 14.3. The van der Waals surface area contributed by atoms with Gasteiger partial charge in [0.15, 0.2) is 0 Å². The maximum absolute atomic E-state index is 4.79. The van der Waals surface area contributed by atoms with Crippen molar-refractivity contribution < 1.29 is 0 Å². The summed E-state index contributed by atoms with van der Waals surface area (Å²) >= 11 is 0. The van der Waals surface area contributed by atoms with E-state index < -0.39 is 5.41 Å². The van der Waals surface area contributed by atoms with Crippen LogP contribution in [0.5, 0.6) is 0 Å². The van der Waals surface area contributed by atoms with E-state index in [9.17, 15) is 0 Å². The highest BCUT2D eigenvalue weighted by atomic mass is 15.1. The first-order chi connectivity index (χ1) is 22.8. The summed E-state index contributed by atoms with van der Waals surface area (Å²) in [4.78, 5) is 9.46. The van der Waals surface area contributed by atoms with Gasteiger partial charge in [-0.05, 0) is 98.1 Å². The fraction of sp³-hybridized carbons (Fsp3) is 0.0233. The molecular weight excluding hydrogens is 558 g/mol. The minimum atomic E-state index is -0.443. The predicted octanol–water partition coefficient (Wildman–Crippen LogP) is 10.1. The maximum atomic E-state index is 4.79. The lowest BCUT2D eigenvalue weighted by Crippen LogP contribution is -2.29. The monoisotopic (exact) mass is 585 g/mol. The number of fused-ring (bicyclic) bond motifs is 12. The summed E-state index contributed by atoms with van der Waals surface area (Å²) in [5.74, 6) is 0.866. The zero-order valence-electron chi connectivity index (χ0n) is 24.9. The summed E-state index contributed by atoms with van der Waals surface area (Å²) in [6, 6.07) is 50.9. The van der Waals surface area contributed by atoms with Crippen molar-refractivity contribution in [3.63, 3.8) is 0 Å². The van der Waals surface area contributed by atoms with E-state index in [1.54, 1.807) is 0 Å². The van der Waals surface area contributed by atoms with E-state index in [2.05, 4.69) is 137 Å². The molecule has 46 heavy (non-hydrogen) atoms. The van der Waals surface area contributed by atoms with E-state index in [0.29, 0.717) is 0 Å². The first-order valence-electron chi connectivity index (χ1n) is 15.7. The molecule has 0 aliphatic heterocycles. The minimum absolute atomic E-state index is 0.443. The molecule has 0 saturated carbocycles. The Morgan fingerprint density at radius 1 is 0.457 bits per heavy atom. The van der Waals surface area contributed by atoms with Crippen LogP contribution in [-0.2, 0) is 5.41 Å². The molecule has 1 spiro atoms. The van der Waals surface area contributed by atoms with Gasteiger partial charge in [-0.3, -0.25) is 4.57 Å². The Bertz CT molecular complexity index is 2490. The standard InChI is InChI=1S/C43H27N3/c1-4-14-36-28(10-1)18-19-29-11-2-5-15-37(29)43(36)38-16-6-3-12-32(38)33-22-20-31(27-39(33)43)30-21-23-40-35(26-30)34-13-9-25-45-42(34)46(40)41-17-7-8-24-44-41/h1-27H. The van der Waals surface area contributed by atoms with Crippen molar-refractivity contribution in [2.45, 2.75) is 5.41 Å². The number of benzene rings is 5. The first kappa shape index (κ1) is 25.3. The Morgan fingerprint density at radius 2 is 1.11 bits per heavy atom. The van der Waals surface area contributed by atoms with Crippen molar-refractivity contribution in [3.8, 4) is 28.1 Å². The van der Waals surface area contributed by atoms with E-state index in [0.717, 1.165) is 22.4 Å². The van der Waals surface area contributed by atoms with Crippen LogP contribution >= 0.6 is 0 Å². The SMILES string of the molecule is C1=Cc2ccccc2C2(c3ccccc31)c1ccccc1-c1ccc(-c3ccc4c(c3)c3cccnc3n4-c3ccccn3)cc12. The van der Waals surface area contributed by atoms with Crippen LogP contribution in [0.4, 0.5) is 0 Å². The van der Waals surface area contributed by atoms with Crippen molar-refractivity contribution in [2.24, 2.45) is 0 Å². The molecule has 0 unspecified atom stereocenters. The number of pyridine rings is 2. The van der Waals surface area contributed by atoms with Crippen LogP contribution < -0.4 is 0 Å². The quantitative estimate of drug-likeness (QED) is 0.202. The van der Waals surface area contributed by atoms with E-state index in [-0.39, 0.29) is 0 Å². The molecule has 3 heteroatoms. The Balaban J connectivity index is 1.25. The molecule has 0 amide bonds. The predicted molar refractivity (Wildman–Crippen MR) is 188 cm³/mol. The van der Waals surface area contributed by atoms with E-state index >= 15 is 0 Å². The molecule has 3 heterocycles. The third kappa shape index (κ3) is 3.32. The molecular formula is C43H27N3. The third-order valence-electron chi connectivity index (χ3n) is 9.95. The molecule has 2 aliphatic carbocycles. The van der Waals surface area contributed by atoms with Gasteiger partial charge in [0.1, 0.15) is 11.5 Å².